The van der Waals surface area contributed by atoms with Gasteiger partial charge in [0.05, 0.1) is 4.90 Å². The second-order valence-electron chi connectivity index (χ2n) is 7.76. The molecule has 34 heavy (non-hydrogen) atoms. The first-order valence-electron chi connectivity index (χ1n) is 10.6. The highest BCUT2D eigenvalue weighted by atomic mass is 35.5. The van der Waals surface area contributed by atoms with Gasteiger partial charge >= 0.3 is 0 Å². The van der Waals surface area contributed by atoms with E-state index in [0.717, 1.165) is 28.3 Å². The molecule has 0 aromatic heterocycles. The van der Waals surface area contributed by atoms with E-state index in [-0.39, 0.29) is 29.7 Å². The number of hydrogen-bond donors (Lipinski definition) is 2. The van der Waals surface area contributed by atoms with Gasteiger partial charge in [0, 0.05) is 17.7 Å². The minimum absolute atomic E-state index is 0. The van der Waals surface area contributed by atoms with Crippen molar-refractivity contribution in [1.29, 1.82) is 0 Å². The molecule has 4 aromatic rings. The lowest BCUT2D eigenvalue weighted by atomic mass is 10.0. The van der Waals surface area contributed by atoms with Gasteiger partial charge in [-0.15, -0.1) is 12.4 Å². The number of benzene rings is 4. The summed E-state index contributed by atoms with van der Waals surface area (Å²) in [5.74, 6) is 0.424. The summed E-state index contributed by atoms with van der Waals surface area (Å²) in [6.45, 7) is 1.41. The lowest BCUT2D eigenvalue weighted by Crippen LogP contribution is -2.18. The number of ether oxygens (including phenoxy) is 1. The molecule has 3 N–H and O–H groups in total. The van der Waals surface area contributed by atoms with Gasteiger partial charge in [-0.05, 0) is 53.6 Å². The maximum absolute atomic E-state index is 14.0. The number of nitrogens with two attached hydrogens (primary N) is 1. The minimum atomic E-state index is -3.69. The van der Waals surface area contributed by atoms with E-state index in [4.69, 9.17) is 9.88 Å². The van der Waals surface area contributed by atoms with Crippen LogP contribution in [-0.2, 0) is 29.6 Å². The molecule has 0 saturated carbocycles. The number of sulfonamides is 1. The smallest absolute Gasteiger partial charge is 0.238 e. The van der Waals surface area contributed by atoms with Crippen LogP contribution in [-0.4, -0.2) is 15.0 Å². The van der Waals surface area contributed by atoms with E-state index in [1.165, 1.54) is 18.2 Å². The Bertz CT molecular complexity index is 1360. The predicted molar refractivity (Wildman–Crippen MR) is 135 cm³/mol. The van der Waals surface area contributed by atoms with E-state index in [9.17, 15) is 12.8 Å². The second-order valence-corrected chi connectivity index (χ2v) is 9.32. The van der Waals surface area contributed by atoms with E-state index in [0.29, 0.717) is 24.4 Å². The van der Waals surface area contributed by atoms with Crippen LogP contribution in [0.2, 0.25) is 0 Å². The predicted octanol–water partition coefficient (Wildman–Crippen LogP) is 4.96. The van der Waals surface area contributed by atoms with E-state index in [1.807, 2.05) is 36.4 Å². The number of nitrogens with one attached hydrogen (secondary N) is 1. The first kappa shape index (κ1) is 25.6. The van der Waals surface area contributed by atoms with E-state index in [1.54, 1.807) is 30.3 Å². The molecule has 4 aromatic carbocycles. The van der Waals surface area contributed by atoms with Crippen molar-refractivity contribution in [2.24, 2.45) is 5.14 Å². The molecule has 0 bridgehead atoms. The van der Waals surface area contributed by atoms with Gasteiger partial charge in [-0.2, -0.15) is 0 Å². The zero-order valence-electron chi connectivity index (χ0n) is 18.4. The molecule has 0 fully saturated rings. The Morgan fingerprint density at radius 2 is 1.59 bits per heavy atom. The van der Waals surface area contributed by atoms with Crippen molar-refractivity contribution in [2.45, 2.75) is 24.5 Å². The molecule has 0 radical (unpaired) electrons. The lowest BCUT2D eigenvalue weighted by Gasteiger charge is -2.15. The number of hydrogen-bond acceptors (Lipinski definition) is 4. The van der Waals surface area contributed by atoms with Crippen LogP contribution in [0.1, 0.15) is 16.7 Å². The summed E-state index contributed by atoms with van der Waals surface area (Å²) in [6.07, 6.45) is 0.723. The average molecular weight is 501 g/mol. The first-order valence-corrected chi connectivity index (χ1v) is 12.2. The van der Waals surface area contributed by atoms with Crippen molar-refractivity contribution < 1.29 is 17.5 Å². The topological polar surface area (TPSA) is 81.4 Å². The van der Waals surface area contributed by atoms with Crippen LogP contribution in [0.4, 0.5) is 4.39 Å². The van der Waals surface area contributed by atoms with Crippen LogP contribution in [0, 0.1) is 5.82 Å². The largest absolute Gasteiger partial charge is 0.488 e. The maximum atomic E-state index is 14.0. The Labute approximate surface area is 205 Å². The molecular weight excluding hydrogens is 475 g/mol. The van der Waals surface area contributed by atoms with Gasteiger partial charge in [-0.1, -0.05) is 60.7 Å². The number of halogens is 2. The molecule has 178 valence electrons. The zero-order valence-corrected chi connectivity index (χ0v) is 20.0. The van der Waals surface area contributed by atoms with Gasteiger partial charge in [-0.3, -0.25) is 0 Å². The summed E-state index contributed by atoms with van der Waals surface area (Å²) in [5.41, 5.74) is 2.52. The quantitative estimate of drug-likeness (QED) is 0.318. The minimum Gasteiger partial charge on any atom is -0.488 e. The summed E-state index contributed by atoms with van der Waals surface area (Å²) in [5, 5.41) is 10.8. The molecule has 0 aliphatic carbocycles. The first-order chi connectivity index (χ1) is 15.9. The molecule has 8 heteroatoms. The van der Waals surface area contributed by atoms with E-state index in [2.05, 4.69) is 5.32 Å². The Balaban J connectivity index is 0.00000324. The Morgan fingerprint density at radius 1 is 0.882 bits per heavy atom. The van der Waals surface area contributed by atoms with Gasteiger partial charge in [0.15, 0.2) is 0 Å². The number of fused-ring (bicyclic) bond motifs is 1. The van der Waals surface area contributed by atoms with Crippen LogP contribution >= 0.6 is 12.4 Å². The highest BCUT2D eigenvalue weighted by Crippen LogP contribution is 2.29. The SMILES string of the molecule is Cl.NS(=O)(=O)c1ccc(CCNCc2c(OCc3ccccc3F)ccc3ccccc23)cc1. The molecule has 0 heterocycles. The van der Waals surface area contributed by atoms with Crippen molar-refractivity contribution in [2.75, 3.05) is 6.54 Å². The van der Waals surface area contributed by atoms with Crippen LogP contribution in [0.15, 0.2) is 89.8 Å². The third kappa shape index (κ3) is 6.33. The van der Waals surface area contributed by atoms with Crippen LogP contribution < -0.4 is 15.2 Å². The molecule has 0 saturated heterocycles. The Morgan fingerprint density at radius 3 is 2.32 bits per heavy atom. The van der Waals surface area contributed by atoms with Gasteiger partial charge < -0.3 is 10.1 Å². The molecule has 0 amide bonds. The Kier molecular flexibility index (Phi) is 8.63. The zero-order chi connectivity index (χ0) is 23.3. The van der Waals surface area contributed by atoms with Crippen LogP contribution in [0.25, 0.3) is 10.8 Å². The van der Waals surface area contributed by atoms with Crippen molar-refractivity contribution in [3.05, 3.63) is 107 Å². The van der Waals surface area contributed by atoms with Crippen molar-refractivity contribution in [3.63, 3.8) is 0 Å². The molecule has 0 atom stereocenters. The molecule has 0 spiro atoms. The number of rotatable bonds is 9. The van der Waals surface area contributed by atoms with Gasteiger partial charge in [0.2, 0.25) is 10.0 Å². The number of primary sulfonamides is 1. The highest BCUT2D eigenvalue weighted by Gasteiger charge is 2.11. The van der Waals surface area contributed by atoms with E-state index >= 15 is 0 Å². The molecule has 0 aliphatic rings. The molecule has 4 rings (SSSR count). The fraction of sp³-hybridized carbons (Fsp3) is 0.154. The standard InChI is InChI=1S/C26H25FN2O3S.ClH/c27-25-8-4-2-6-21(25)18-32-26-14-11-20-5-1-3-7-23(20)24(26)17-29-16-15-19-9-12-22(13-10-19)33(28,30)31;/h1-14,29H,15-18H2,(H2,28,30,31);1H. The monoisotopic (exact) mass is 500 g/mol. The van der Waals surface area contributed by atoms with Gasteiger partial charge in [0.1, 0.15) is 18.2 Å². The average Bonchev–Trinajstić information content (AvgIpc) is 2.81. The maximum Gasteiger partial charge on any atom is 0.238 e. The fourth-order valence-electron chi connectivity index (χ4n) is 3.70. The van der Waals surface area contributed by atoms with Crippen molar-refractivity contribution in [1.82, 2.24) is 5.32 Å². The third-order valence-corrected chi connectivity index (χ3v) is 6.41. The molecule has 0 unspecified atom stereocenters. The fourth-order valence-corrected chi connectivity index (χ4v) is 4.21. The highest BCUT2D eigenvalue weighted by molar-refractivity contribution is 7.89. The van der Waals surface area contributed by atoms with Crippen LogP contribution in [0.5, 0.6) is 5.75 Å². The molecule has 0 aliphatic heterocycles. The van der Waals surface area contributed by atoms with E-state index < -0.39 is 10.0 Å². The summed E-state index contributed by atoms with van der Waals surface area (Å²) in [6, 6.07) is 25.2. The van der Waals surface area contributed by atoms with Crippen molar-refractivity contribution in [3.8, 4) is 5.75 Å². The van der Waals surface area contributed by atoms with Gasteiger partial charge in [-0.25, -0.2) is 17.9 Å². The Hall–Kier alpha value is -2.97. The lowest BCUT2D eigenvalue weighted by molar-refractivity contribution is 0.296. The second kappa shape index (κ2) is 11.4. The molecular formula is C26H26ClFN2O3S. The summed E-state index contributed by atoms with van der Waals surface area (Å²) >= 11 is 0. The third-order valence-electron chi connectivity index (χ3n) is 5.48. The van der Waals surface area contributed by atoms with Gasteiger partial charge in [0.25, 0.3) is 0 Å². The summed E-state index contributed by atoms with van der Waals surface area (Å²) < 4.78 is 42.8. The van der Waals surface area contributed by atoms with Crippen molar-refractivity contribution >= 4 is 33.2 Å². The van der Waals surface area contributed by atoms with Crippen LogP contribution in [0.3, 0.4) is 0 Å². The molecule has 5 nitrogen and oxygen atoms in total. The summed E-state index contributed by atoms with van der Waals surface area (Å²) in [4.78, 5) is 0.103. The normalized spacial score (nSPS) is 11.2. The summed E-state index contributed by atoms with van der Waals surface area (Å²) in [7, 11) is -3.69.